The monoisotopic (exact) mass is 870 g/mol. The summed E-state index contributed by atoms with van der Waals surface area (Å²) in [6, 6.07) is 0. The van der Waals surface area contributed by atoms with Gasteiger partial charge >= 0.3 is 5.97 Å². The first kappa shape index (κ1) is 48.5. The maximum atomic E-state index is 11.7. The van der Waals surface area contributed by atoms with Gasteiger partial charge in [-0.3, -0.25) is 4.79 Å². The van der Waals surface area contributed by atoms with Gasteiger partial charge in [-0.2, -0.15) is 0 Å². The number of hydrogen-bond acceptors (Lipinski definition) is 27. The molecule has 0 saturated carbocycles. The summed E-state index contributed by atoms with van der Waals surface area (Å²) in [4.78, 5) is 11.7. The number of hydrogen-bond donors (Lipinski definition) is 16. The Bertz CT molecular complexity index is 1330. The van der Waals surface area contributed by atoms with E-state index in [1.807, 2.05) is 0 Å². The van der Waals surface area contributed by atoms with Crippen molar-refractivity contribution in [1.82, 2.24) is 0 Å². The van der Waals surface area contributed by atoms with Crippen LogP contribution in [0.25, 0.3) is 0 Å². The Labute approximate surface area is 333 Å². The van der Waals surface area contributed by atoms with Crippen molar-refractivity contribution in [3.05, 3.63) is 0 Å². The van der Waals surface area contributed by atoms with E-state index in [0.717, 1.165) is 6.92 Å². The van der Waals surface area contributed by atoms with Gasteiger partial charge in [0.2, 0.25) is 5.79 Å². The van der Waals surface area contributed by atoms with Crippen molar-refractivity contribution < 1.29 is 134 Å². The van der Waals surface area contributed by atoms with Gasteiger partial charge in [0.15, 0.2) is 25.2 Å². The molecule has 5 aliphatic rings. The minimum Gasteiger partial charge on any atom is -0.463 e. The molecule has 0 aromatic rings. The Morgan fingerprint density at radius 1 is 0.475 bits per heavy atom. The average Bonchev–Trinajstić information content (AvgIpc) is 3.46. The highest BCUT2D eigenvalue weighted by atomic mass is 16.8. The summed E-state index contributed by atoms with van der Waals surface area (Å²) in [6.07, 6.45) is -45.2. The molecule has 0 radical (unpaired) electrons. The summed E-state index contributed by atoms with van der Waals surface area (Å²) in [7, 11) is 0. The third kappa shape index (κ3) is 9.84. The van der Waals surface area contributed by atoms with E-state index in [9.17, 15) is 86.5 Å². The van der Waals surface area contributed by atoms with Crippen molar-refractivity contribution >= 4 is 5.97 Å². The average molecular weight is 871 g/mol. The van der Waals surface area contributed by atoms with Gasteiger partial charge in [0.25, 0.3) is 0 Å². The van der Waals surface area contributed by atoms with E-state index in [1.165, 1.54) is 0 Å². The highest BCUT2D eigenvalue weighted by molar-refractivity contribution is 5.65. The first-order valence-electron chi connectivity index (χ1n) is 18.5. The van der Waals surface area contributed by atoms with Crippen molar-refractivity contribution in [2.75, 3.05) is 39.6 Å². The molecule has 344 valence electrons. The number of aliphatic hydroxyl groups excluding tert-OH is 16. The Hall–Kier alpha value is -1.53. The molecule has 5 heterocycles. The van der Waals surface area contributed by atoms with Crippen LogP contribution in [0.5, 0.6) is 0 Å². The van der Waals surface area contributed by atoms with E-state index >= 15 is 0 Å². The third-order valence-corrected chi connectivity index (χ3v) is 10.7. The smallest absolute Gasteiger partial charge is 0.302 e. The van der Waals surface area contributed by atoms with E-state index in [1.54, 1.807) is 0 Å². The Morgan fingerprint density at radius 3 is 1.37 bits per heavy atom. The second-order valence-electron chi connectivity index (χ2n) is 14.6. The molecule has 0 aromatic heterocycles. The van der Waals surface area contributed by atoms with Crippen LogP contribution < -0.4 is 0 Å². The molecular formula is C32H54O27. The Balaban J connectivity index is 1.53. The van der Waals surface area contributed by atoms with E-state index in [2.05, 4.69) is 0 Å². The molecule has 27 heteroatoms. The standard InChI is InChI=1S/C32H54O27/c1-8(38)50-6-13-17(42)24(55-28-21(46)19(44)14(39)9(2-33)51-28)23(48)30(54-13)56-25-16(41)11(4-35)53-31(59-32(7-37)27(49)18(43)12(5-36)58-32)26(25)57-29-22(47)20(45)15(40)10(3-34)52-29/h9-31,33-37,39-49H,2-7H2,1H3/t9-,10-,11-,12-,13-,14-,15-,16-,17-,18-,19+,20+,21-,22-,23-,24+,25+,26-,27+,28+,29+,30+,31-,32-/m1/s1. The molecule has 5 rings (SSSR count). The summed E-state index contributed by atoms with van der Waals surface area (Å²) in [5, 5.41) is 168. The fraction of sp³-hybridized carbons (Fsp3) is 0.969. The molecule has 0 bridgehead atoms. The molecule has 5 fully saturated rings. The number of ether oxygens (including phenoxy) is 10. The molecule has 16 N–H and O–H groups in total. The zero-order chi connectivity index (χ0) is 43.7. The molecule has 59 heavy (non-hydrogen) atoms. The first-order chi connectivity index (χ1) is 27.9. The molecule has 0 aliphatic carbocycles. The fourth-order valence-electron chi connectivity index (χ4n) is 7.24. The van der Waals surface area contributed by atoms with E-state index in [4.69, 9.17) is 47.4 Å². The van der Waals surface area contributed by atoms with Gasteiger partial charge in [-0.05, 0) is 0 Å². The number of carbonyl (C=O) groups excluding carboxylic acids is 1. The lowest BCUT2D eigenvalue weighted by Gasteiger charge is -2.50. The van der Waals surface area contributed by atoms with Crippen LogP contribution in [0.15, 0.2) is 0 Å². The second-order valence-corrected chi connectivity index (χ2v) is 14.6. The van der Waals surface area contributed by atoms with Crippen LogP contribution in [0.2, 0.25) is 0 Å². The van der Waals surface area contributed by atoms with Crippen LogP contribution in [0, 0.1) is 0 Å². The number of esters is 1. The minimum atomic E-state index is -2.67. The summed E-state index contributed by atoms with van der Waals surface area (Å²) in [5.74, 6) is -3.55. The van der Waals surface area contributed by atoms with Crippen LogP contribution in [-0.4, -0.2) is 274 Å². The number of carbonyl (C=O) groups is 1. The molecule has 5 aliphatic heterocycles. The molecule has 0 amide bonds. The molecule has 0 unspecified atom stereocenters. The fourth-order valence-corrected chi connectivity index (χ4v) is 7.24. The van der Waals surface area contributed by atoms with E-state index < -0.39 is 193 Å². The zero-order valence-corrected chi connectivity index (χ0v) is 31.2. The lowest BCUT2D eigenvalue weighted by Crippen LogP contribution is -2.69. The molecule has 27 nitrogen and oxygen atoms in total. The molecule has 5 saturated heterocycles. The second kappa shape index (κ2) is 20.3. The highest BCUT2D eigenvalue weighted by Crippen LogP contribution is 2.40. The predicted molar refractivity (Wildman–Crippen MR) is 176 cm³/mol. The number of aliphatic hydroxyl groups is 16. The minimum absolute atomic E-state index is 0.771. The highest BCUT2D eigenvalue weighted by Gasteiger charge is 2.61. The Morgan fingerprint density at radius 2 is 0.898 bits per heavy atom. The lowest BCUT2D eigenvalue weighted by molar-refractivity contribution is -0.424. The molecule has 24 atom stereocenters. The molecule has 0 aromatic carbocycles. The lowest BCUT2D eigenvalue weighted by atomic mass is 9.95. The van der Waals surface area contributed by atoms with Gasteiger partial charge < -0.3 is 129 Å². The summed E-state index contributed by atoms with van der Waals surface area (Å²) < 4.78 is 56.0. The summed E-state index contributed by atoms with van der Waals surface area (Å²) >= 11 is 0. The Kier molecular flexibility index (Phi) is 16.7. The largest absolute Gasteiger partial charge is 0.463 e. The normalized spacial score (nSPS) is 50.8. The van der Waals surface area contributed by atoms with Gasteiger partial charge in [-0.1, -0.05) is 0 Å². The van der Waals surface area contributed by atoms with Gasteiger partial charge in [0.05, 0.1) is 26.4 Å². The van der Waals surface area contributed by atoms with Gasteiger partial charge in [0, 0.05) is 6.92 Å². The van der Waals surface area contributed by atoms with Crippen LogP contribution in [-0.2, 0) is 52.2 Å². The van der Waals surface area contributed by atoms with Crippen molar-refractivity contribution in [2.24, 2.45) is 0 Å². The molecular weight excluding hydrogens is 816 g/mol. The van der Waals surface area contributed by atoms with Crippen LogP contribution >= 0.6 is 0 Å². The predicted octanol–water partition coefficient (Wildman–Crippen LogP) is -11.4. The van der Waals surface area contributed by atoms with Crippen LogP contribution in [0.1, 0.15) is 6.92 Å². The van der Waals surface area contributed by atoms with E-state index in [0.29, 0.717) is 0 Å². The van der Waals surface area contributed by atoms with Crippen molar-refractivity contribution in [1.29, 1.82) is 0 Å². The SMILES string of the molecule is CC(=O)OC[C@H]1O[C@@H](O[C@H]2[C@H](O)[C@@H](CO)O[C@H](O[C@@]3(CO)O[C@H](CO)[C@@H](O)[C@@H]3O)[C@@H]2O[C@@H]2O[C@H](CO)[C@@H](O)[C@H](O)[C@H]2O)[C@H](O)[C@@H](O[C@@H]2O[C@H](CO)[C@@H](O)[C@H](O)[C@H]2O)[C@@H]1O. The van der Waals surface area contributed by atoms with Crippen molar-refractivity contribution in [3.8, 4) is 0 Å². The van der Waals surface area contributed by atoms with Crippen LogP contribution in [0.4, 0.5) is 0 Å². The maximum Gasteiger partial charge on any atom is 0.302 e. The van der Waals surface area contributed by atoms with Gasteiger partial charge in [-0.15, -0.1) is 0 Å². The third-order valence-electron chi connectivity index (χ3n) is 10.7. The quantitative estimate of drug-likeness (QED) is 0.0679. The maximum absolute atomic E-state index is 11.7. The summed E-state index contributed by atoms with van der Waals surface area (Å²) in [5.41, 5.74) is 0. The summed E-state index contributed by atoms with van der Waals surface area (Å²) in [6.45, 7) is -4.85. The van der Waals surface area contributed by atoms with Crippen molar-refractivity contribution in [2.45, 2.75) is 154 Å². The van der Waals surface area contributed by atoms with Gasteiger partial charge in [0.1, 0.15) is 129 Å². The van der Waals surface area contributed by atoms with Gasteiger partial charge in [-0.25, -0.2) is 0 Å². The molecule has 0 spiro atoms. The van der Waals surface area contributed by atoms with Crippen LogP contribution in [0.3, 0.4) is 0 Å². The van der Waals surface area contributed by atoms with E-state index in [-0.39, 0.29) is 0 Å². The van der Waals surface area contributed by atoms with Crippen molar-refractivity contribution in [3.63, 3.8) is 0 Å². The topological polar surface area (TPSA) is 433 Å². The number of rotatable bonds is 15. The zero-order valence-electron chi connectivity index (χ0n) is 31.2. The first-order valence-corrected chi connectivity index (χ1v) is 18.5.